The normalized spacial score (nSPS) is 12.5. The van der Waals surface area contributed by atoms with Gasteiger partial charge in [-0.2, -0.15) is 0 Å². The molecule has 0 fully saturated rings. The number of carboxylic acids is 1. The van der Waals surface area contributed by atoms with E-state index < -0.39 is 5.97 Å². The molecule has 5 heteroatoms. The van der Waals surface area contributed by atoms with Crippen molar-refractivity contribution in [3.63, 3.8) is 0 Å². The molecule has 0 spiro atoms. The summed E-state index contributed by atoms with van der Waals surface area (Å²) in [4.78, 5) is 23.0. The zero-order valence-electron chi connectivity index (χ0n) is 22.2. The first-order chi connectivity index (χ1) is 17.9. The van der Waals surface area contributed by atoms with E-state index >= 15 is 0 Å². The topological polar surface area (TPSA) is 75.6 Å². The molecule has 3 aromatic rings. The second kappa shape index (κ2) is 14.2. The number of carbonyl (C=O) groups is 2. The molecule has 0 radical (unpaired) electrons. The minimum absolute atomic E-state index is 0.0972. The van der Waals surface area contributed by atoms with Gasteiger partial charge >= 0.3 is 5.97 Å². The van der Waals surface area contributed by atoms with Gasteiger partial charge < -0.3 is 15.2 Å². The molecule has 0 aliphatic carbocycles. The maximum Gasteiger partial charge on any atom is 0.305 e. The van der Waals surface area contributed by atoms with E-state index in [2.05, 4.69) is 62.5 Å². The Morgan fingerprint density at radius 3 is 2.22 bits per heavy atom. The Morgan fingerprint density at radius 2 is 1.57 bits per heavy atom. The molecule has 0 saturated carbocycles. The Labute approximate surface area is 220 Å². The Balaban J connectivity index is 1.70. The van der Waals surface area contributed by atoms with Crippen molar-refractivity contribution in [2.75, 3.05) is 6.54 Å². The second-order valence-electron chi connectivity index (χ2n) is 9.62. The van der Waals surface area contributed by atoms with Gasteiger partial charge in [-0.25, -0.2) is 0 Å². The molecule has 0 aliphatic rings. The van der Waals surface area contributed by atoms with E-state index in [0.717, 1.165) is 30.6 Å². The minimum Gasteiger partial charge on any atom is -0.486 e. The SMILES string of the molecule is CCCCCCC(Oc1ccc(C(C)c2ccccc2C)cc1)c1ccc(C(=O)NCCC(=O)O)cc1. The summed E-state index contributed by atoms with van der Waals surface area (Å²) < 4.78 is 6.47. The first-order valence-electron chi connectivity index (χ1n) is 13.3. The zero-order chi connectivity index (χ0) is 26.6. The number of rotatable bonds is 14. The van der Waals surface area contributed by atoms with Crippen molar-refractivity contribution in [1.29, 1.82) is 0 Å². The average molecular weight is 502 g/mol. The molecule has 0 aromatic heterocycles. The van der Waals surface area contributed by atoms with Crippen molar-refractivity contribution in [2.24, 2.45) is 0 Å². The summed E-state index contributed by atoms with van der Waals surface area (Å²) in [5.41, 5.74) is 5.40. The van der Waals surface area contributed by atoms with Crippen LogP contribution in [0.3, 0.4) is 0 Å². The van der Waals surface area contributed by atoms with Crippen molar-refractivity contribution in [3.05, 3.63) is 101 Å². The fourth-order valence-electron chi connectivity index (χ4n) is 4.54. The van der Waals surface area contributed by atoms with Crippen LogP contribution in [0.1, 0.15) is 97.0 Å². The van der Waals surface area contributed by atoms with Crippen LogP contribution in [-0.4, -0.2) is 23.5 Å². The van der Waals surface area contributed by atoms with Gasteiger partial charge in [0, 0.05) is 18.0 Å². The highest BCUT2D eigenvalue weighted by Crippen LogP contribution is 2.31. The standard InChI is InChI=1S/C32H39NO4/c1-4-5-6-7-12-30(26-13-15-27(16-14-26)32(36)33-22-21-31(34)35)37-28-19-17-25(18-20-28)24(3)29-11-9-8-10-23(29)2/h8-11,13-20,24,30H,4-7,12,21-22H2,1-3H3,(H,33,36)(H,34,35). The monoisotopic (exact) mass is 501 g/mol. The summed E-state index contributed by atoms with van der Waals surface area (Å²) in [6.45, 7) is 6.69. The number of hydrogen-bond donors (Lipinski definition) is 2. The number of benzene rings is 3. The summed E-state index contributed by atoms with van der Waals surface area (Å²) in [5.74, 6) is -0.0750. The molecule has 0 heterocycles. The number of aliphatic carboxylic acids is 1. The van der Waals surface area contributed by atoms with Crippen LogP contribution in [0.15, 0.2) is 72.8 Å². The molecule has 2 atom stereocenters. The smallest absolute Gasteiger partial charge is 0.305 e. The number of amides is 1. The van der Waals surface area contributed by atoms with Crippen LogP contribution in [0, 0.1) is 6.92 Å². The van der Waals surface area contributed by atoms with E-state index in [0.29, 0.717) is 11.5 Å². The molecule has 0 bridgehead atoms. The number of ether oxygens (including phenoxy) is 1. The minimum atomic E-state index is -0.934. The van der Waals surface area contributed by atoms with Crippen LogP contribution in [0.25, 0.3) is 0 Å². The third-order valence-electron chi connectivity index (χ3n) is 6.80. The molecular weight excluding hydrogens is 462 g/mol. The number of unbranched alkanes of at least 4 members (excludes halogenated alkanes) is 3. The first-order valence-corrected chi connectivity index (χ1v) is 13.3. The van der Waals surface area contributed by atoms with Gasteiger partial charge in [-0.05, 0) is 66.3 Å². The molecule has 2 unspecified atom stereocenters. The third kappa shape index (κ3) is 8.49. The first kappa shape index (κ1) is 28.0. The molecule has 5 nitrogen and oxygen atoms in total. The van der Waals surface area contributed by atoms with E-state index in [-0.39, 0.29) is 25.0 Å². The predicted octanol–water partition coefficient (Wildman–Crippen LogP) is 7.44. The van der Waals surface area contributed by atoms with Gasteiger partial charge in [-0.1, -0.05) is 81.6 Å². The van der Waals surface area contributed by atoms with Crippen molar-refractivity contribution in [1.82, 2.24) is 5.32 Å². The van der Waals surface area contributed by atoms with Crippen LogP contribution < -0.4 is 10.1 Å². The molecule has 0 saturated heterocycles. The maximum atomic E-state index is 12.3. The van der Waals surface area contributed by atoms with Gasteiger partial charge in [0.1, 0.15) is 11.9 Å². The van der Waals surface area contributed by atoms with Crippen molar-refractivity contribution in [3.8, 4) is 5.75 Å². The number of hydrogen-bond acceptors (Lipinski definition) is 3. The lowest BCUT2D eigenvalue weighted by Crippen LogP contribution is -2.26. The Kier molecular flexibility index (Phi) is 10.8. The number of carboxylic acid groups (broad SMARTS) is 1. The Hall–Kier alpha value is -3.60. The molecule has 0 aliphatic heterocycles. The highest BCUT2D eigenvalue weighted by Gasteiger charge is 2.16. The van der Waals surface area contributed by atoms with E-state index in [1.165, 1.54) is 29.5 Å². The van der Waals surface area contributed by atoms with Crippen LogP contribution in [-0.2, 0) is 4.79 Å². The van der Waals surface area contributed by atoms with E-state index in [9.17, 15) is 9.59 Å². The average Bonchev–Trinajstić information content (AvgIpc) is 2.90. The lowest BCUT2D eigenvalue weighted by atomic mass is 9.90. The van der Waals surface area contributed by atoms with Gasteiger partial charge in [0.25, 0.3) is 5.91 Å². The van der Waals surface area contributed by atoms with Gasteiger partial charge in [-0.3, -0.25) is 9.59 Å². The molecular formula is C32H39NO4. The molecule has 2 N–H and O–H groups in total. The number of carbonyl (C=O) groups excluding carboxylic acids is 1. The Morgan fingerprint density at radius 1 is 0.892 bits per heavy atom. The quantitative estimate of drug-likeness (QED) is 0.225. The van der Waals surface area contributed by atoms with Crippen molar-refractivity contribution >= 4 is 11.9 Å². The largest absolute Gasteiger partial charge is 0.486 e. The fraction of sp³-hybridized carbons (Fsp3) is 0.375. The fourth-order valence-corrected chi connectivity index (χ4v) is 4.54. The molecule has 3 aromatic carbocycles. The lowest BCUT2D eigenvalue weighted by Gasteiger charge is -2.21. The van der Waals surface area contributed by atoms with Crippen LogP contribution >= 0.6 is 0 Å². The van der Waals surface area contributed by atoms with E-state index in [1.54, 1.807) is 12.1 Å². The Bertz CT molecular complexity index is 1140. The predicted molar refractivity (Wildman–Crippen MR) is 148 cm³/mol. The second-order valence-corrected chi connectivity index (χ2v) is 9.62. The van der Waals surface area contributed by atoms with Gasteiger partial charge in [0.15, 0.2) is 0 Å². The molecule has 37 heavy (non-hydrogen) atoms. The van der Waals surface area contributed by atoms with Crippen molar-refractivity contribution in [2.45, 2.75) is 71.3 Å². The van der Waals surface area contributed by atoms with Crippen LogP contribution in [0.4, 0.5) is 0 Å². The summed E-state index contributed by atoms with van der Waals surface area (Å²) in [6, 6.07) is 24.3. The highest BCUT2D eigenvalue weighted by molar-refractivity contribution is 5.94. The number of nitrogens with one attached hydrogen (secondary N) is 1. The number of aryl methyl sites for hydroxylation is 1. The lowest BCUT2D eigenvalue weighted by molar-refractivity contribution is -0.136. The summed E-state index contributed by atoms with van der Waals surface area (Å²) in [7, 11) is 0. The molecule has 3 rings (SSSR count). The highest BCUT2D eigenvalue weighted by atomic mass is 16.5. The maximum absolute atomic E-state index is 12.3. The van der Waals surface area contributed by atoms with Crippen LogP contribution in [0.5, 0.6) is 5.75 Å². The summed E-state index contributed by atoms with van der Waals surface area (Å²) in [5, 5.41) is 11.4. The van der Waals surface area contributed by atoms with Gasteiger partial charge in [0.2, 0.25) is 0 Å². The van der Waals surface area contributed by atoms with Gasteiger partial charge in [-0.15, -0.1) is 0 Å². The molecule has 196 valence electrons. The van der Waals surface area contributed by atoms with Gasteiger partial charge in [0.05, 0.1) is 6.42 Å². The third-order valence-corrected chi connectivity index (χ3v) is 6.80. The zero-order valence-corrected chi connectivity index (χ0v) is 22.2. The van der Waals surface area contributed by atoms with E-state index in [4.69, 9.17) is 9.84 Å². The summed E-state index contributed by atoms with van der Waals surface area (Å²) >= 11 is 0. The van der Waals surface area contributed by atoms with Crippen molar-refractivity contribution < 1.29 is 19.4 Å². The van der Waals surface area contributed by atoms with E-state index in [1.807, 2.05) is 24.3 Å². The van der Waals surface area contributed by atoms with Crippen LogP contribution in [0.2, 0.25) is 0 Å². The summed E-state index contributed by atoms with van der Waals surface area (Å²) in [6.07, 6.45) is 5.29. The molecule has 1 amide bonds.